The lowest BCUT2D eigenvalue weighted by molar-refractivity contribution is -0.145. The molecule has 1 amide bonds. The normalized spacial score (nSPS) is 20.0. The number of hydrogen-bond donors (Lipinski definition) is 2. The number of nitrogens with one attached hydrogen (secondary N) is 1. The van der Waals surface area contributed by atoms with Crippen molar-refractivity contribution in [2.75, 3.05) is 0 Å². The van der Waals surface area contributed by atoms with Crippen molar-refractivity contribution < 1.29 is 23.9 Å². The van der Waals surface area contributed by atoms with E-state index in [9.17, 15) is 19.5 Å². The number of ketones is 1. The summed E-state index contributed by atoms with van der Waals surface area (Å²) in [5.74, 6) is -0.907. The van der Waals surface area contributed by atoms with Gasteiger partial charge >= 0.3 is 5.97 Å². The van der Waals surface area contributed by atoms with Crippen molar-refractivity contribution in [3.05, 3.63) is 22.6 Å². The van der Waals surface area contributed by atoms with E-state index in [1.165, 1.54) is 0 Å². The number of aryl methyl sites for hydroxylation is 1. The molecule has 124 valence electrons. The molecule has 1 heterocycles. The van der Waals surface area contributed by atoms with Crippen LogP contribution in [0.1, 0.15) is 77.2 Å². The molecule has 6 heteroatoms. The molecule has 0 bridgehead atoms. The minimum Gasteiger partial charge on any atom is -0.480 e. The number of furan rings is 1. The number of amides is 1. The number of carbonyl (C=O) groups is 3. The molecule has 0 aliphatic heterocycles. The van der Waals surface area contributed by atoms with Crippen molar-refractivity contribution in [1.82, 2.24) is 5.32 Å². The van der Waals surface area contributed by atoms with E-state index in [0.29, 0.717) is 42.6 Å². The highest BCUT2D eigenvalue weighted by molar-refractivity contribution is 6.04. The summed E-state index contributed by atoms with van der Waals surface area (Å²) in [5, 5.41) is 12.2. The monoisotopic (exact) mass is 319 g/mol. The topological polar surface area (TPSA) is 96.6 Å². The zero-order valence-electron chi connectivity index (χ0n) is 13.2. The second-order valence-electron chi connectivity index (χ2n) is 6.53. The maximum absolute atomic E-state index is 12.6. The van der Waals surface area contributed by atoms with Crippen molar-refractivity contribution >= 4 is 17.7 Å². The fraction of sp³-hybridized carbons (Fsp3) is 0.588. The van der Waals surface area contributed by atoms with Gasteiger partial charge < -0.3 is 14.8 Å². The first-order valence-corrected chi connectivity index (χ1v) is 8.16. The molecule has 0 aromatic carbocycles. The molecule has 2 N–H and O–H groups in total. The number of aliphatic carboxylic acids is 1. The molecule has 1 aromatic rings. The van der Waals surface area contributed by atoms with Crippen molar-refractivity contribution in [2.24, 2.45) is 0 Å². The second-order valence-corrected chi connectivity index (χ2v) is 6.53. The van der Waals surface area contributed by atoms with E-state index in [4.69, 9.17) is 4.42 Å². The Labute approximate surface area is 134 Å². The first kappa shape index (κ1) is 15.8. The fourth-order valence-corrected chi connectivity index (χ4v) is 3.69. The van der Waals surface area contributed by atoms with Gasteiger partial charge in [0, 0.05) is 18.4 Å². The fourth-order valence-electron chi connectivity index (χ4n) is 3.69. The molecule has 1 saturated carbocycles. The van der Waals surface area contributed by atoms with E-state index in [-0.39, 0.29) is 11.5 Å². The number of carbonyl (C=O) groups excluding carboxylic acids is 2. The van der Waals surface area contributed by atoms with Gasteiger partial charge in [-0.1, -0.05) is 19.3 Å². The first-order chi connectivity index (χ1) is 10.9. The second kappa shape index (κ2) is 5.83. The molecule has 1 fully saturated rings. The molecule has 3 rings (SSSR count). The van der Waals surface area contributed by atoms with Crippen molar-refractivity contribution in [2.45, 2.75) is 63.8 Å². The predicted molar refractivity (Wildman–Crippen MR) is 81.6 cm³/mol. The van der Waals surface area contributed by atoms with Crippen LogP contribution in [-0.4, -0.2) is 28.3 Å². The third-order valence-corrected chi connectivity index (χ3v) is 4.98. The zero-order valence-corrected chi connectivity index (χ0v) is 13.2. The van der Waals surface area contributed by atoms with Crippen LogP contribution in [0.4, 0.5) is 0 Å². The summed E-state index contributed by atoms with van der Waals surface area (Å²) in [6.45, 7) is 1.69. The number of rotatable bonds is 3. The minimum absolute atomic E-state index is 0.00263. The maximum Gasteiger partial charge on any atom is 0.329 e. The van der Waals surface area contributed by atoms with Gasteiger partial charge in [-0.25, -0.2) is 4.79 Å². The van der Waals surface area contributed by atoms with E-state index < -0.39 is 17.4 Å². The third kappa shape index (κ3) is 2.66. The van der Waals surface area contributed by atoms with Gasteiger partial charge in [-0.05, 0) is 26.2 Å². The summed E-state index contributed by atoms with van der Waals surface area (Å²) in [6.07, 6.45) is 5.20. The zero-order chi connectivity index (χ0) is 16.6. The van der Waals surface area contributed by atoms with Crippen LogP contribution in [-0.2, 0) is 11.2 Å². The van der Waals surface area contributed by atoms with Gasteiger partial charge in [0.15, 0.2) is 11.5 Å². The lowest BCUT2D eigenvalue weighted by Crippen LogP contribution is -2.55. The third-order valence-electron chi connectivity index (χ3n) is 4.98. The van der Waals surface area contributed by atoms with E-state index >= 15 is 0 Å². The van der Waals surface area contributed by atoms with Crippen LogP contribution in [0.25, 0.3) is 0 Å². The average molecular weight is 319 g/mol. The Morgan fingerprint density at radius 2 is 1.83 bits per heavy atom. The van der Waals surface area contributed by atoms with Crippen LogP contribution in [0, 0.1) is 6.92 Å². The van der Waals surface area contributed by atoms with Crippen molar-refractivity contribution in [3.63, 3.8) is 0 Å². The summed E-state index contributed by atoms with van der Waals surface area (Å²) in [7, 11) is 0. The van der Waals surface area contributed by atoms with E-state index in [1.807, 2.05) is 0 Å². The van der Waals surface area contributed by atoms with Crippen LogP contribution in [0.15, 0.2) is 4.42 Å². The number of carboxylic acids is 1. The van der Waals surface area contributed by atoms with Gasteiger partial charge in [0.1, 0.15) is 11.3 Å². The molecule has 6 nitrogen and oxygen atoms in total. The van der Waals surface area contributed by atoms with Gasteiger partial charge in [-0.15, -0.1) is 0 Å². The molecule has 2 aliphatic carbocycles. The first-order valence-electron chi connectivity index (χ1n) is 8.16. The summed E-state index contributed by atoms with van der Waals surface area (Å²) >= 11 is 0. The van der Waals surface area contributed by atoms with Crippen molar-refractivity contribution in [1.29, 1.82) is 0 Å². The maximum atomic E-state index is 12.6. The van der Waals surface area contributed by atoms with Crippen LogP contribution < -0.4 is 5.32 Å². The Hall–Kier alpha value is -2.11. The summed E-state index contributed by atoms with van der Waals surface area (Å²) in [5.41, 5.74) is -0.188. The van der Waals surface area contributed by atoms with Crippen LogP contribution in [0.3, 0.4) is 0 Å². The van der Waals surface area contributed by atoms with Gasteiger partial charge in [0.2, 0.25) is 0 Å². The van der Waals surface area contributed by atoms with E-state index in [1.54, 1.807) is 6.92 Å². The van der Waals surface area contributed by atoms with Gasteiger partial charge in [-0.2, -0.15) is 0 Å². The van der Waals surface area contributed by atoms with E-state index in [2.05, 4.69) is 5.32 Å². The SMILES string of the molecule is Cc1c(C(=O)NC2(C(=O)O)CCCCC2)oc2c1C(=O)CCC2. The Morgan fingerprint density at radius 3 is 2.43 bits per heavy atom. The highest BCUT2D eigenvalue weighted by Crippen LogP contribution is 2.32. The standard InChI is InChI=1S/C17H21NO5/c1-10-13-11(19)6-5-7-12(13)23-14(10)15(20)18-17(16(21)22)8-3-2-4-9-17/h2-9H2,1H3,(H,18,20)(H,21,22). The Bertz CT molecular complexity index is 667. The quantitative estimate of drug-likeness (QED) is 0.892. The molecule has 0 spiro atoms. The highest BCUT2D eigenvalue weighted by Gasteiger charge is 2.42. The van der Waals surface area contributed by atoms with E-state index in [0.717, 1.165) is 25.7 Å². The number of carboxylic acid groups (broad SMARTS) is 1. The number of hydrogen-bond acceptors (Lipinski definition) is 4. The Balaban J connectivity index is 1.89. The van der Waals surface area contributed by atoms with Gasteiger partial charge in [-0.3, -0.25) is 9.59 Å². The summed E-state index contributed by atoms with van der Waals surface area (Å²) < 4.78 is 5.61. The molecular formula is C17H21NO5. The summed E-state index contributed by atoms with van der Waals surface area (Å²) in [6, 6.07) is 0. The molecule has 0 saturated heterocycles. The van der Waals surface area contributed by atoms with Crippen LogP contribution >= 0.6 is 0 Å². The molecule has 1 aromatic heterocycles. The van der Waals surface area contributed by atoms with Crippen LogP contribution in [0.2, 0.25) is 0 Å². The summed E-state index contributed by atoms with van der Waals surface area (Å²) in [4.78, 5) is 36.3. The largest absolute Gasteiger partial charge is 0.480 e. The molecule has 0 unspecified atom stereocenters. The minimum atomic E-state index is -1.22. The van der Waals surface area contributed by atoms with Gasteiger partial charge in [0.05, 0.1) is 5.56 Å². The number of fused-ring (bicyclic) bond motifs is 1. The molecule has 23 heavy (non-hydrogen) atoms. The smallest absolute Gasteiger partial charge is 0.329 e. The number of Topliss-reactive ketones (excluding diaryl/α,β-unsaturated/α-hetero) is 1. The van der Waals surface area contributed by atoms with Crippen molar-refractivity contribution in [3.8, 4) is 0 Å². The Morgan fingerprint density at radius 1 is 1.13 bits per heavy atom. The van der Waals surface area contributed by atoms with Gasteiger partial charge in [0.25, 0.3) is 5.91 Å². The lowest BCUT2D eigenvalue weighted by Gasteiger charge is -2.33. The predicted octanol–water partition coefficient (Wildman–Crippen LogP) is 2.62. The average Bonchev–Trinajstić information content (AvgIpc) is 2.86. The Kier molecular flexibility index (Phi) is 4.00. The molecular weight excluding hydrogens is 298 g/mol. The molecule has 0 radical (unpaired) electrons. The van der Waals surface area contributed by atoms with Crippen LogP contribution in [0.5, 0.6) is 0 Å². The lowest BCUT2D eigenvalue weighted by atomic mass is 9.81. The molecule has 2 aliphatic rings. The highest BCUT2D eigenvalue weighted by atomic mass is 16.4. The molecule has 0 atom stereocenters.